The average Bonchev–Trinajstić information content (AvgIpc) is 2.59. The van der Waals surface area contributed by atoms with Crippen LogP contribution in [0.25, 0.3) is 0 Å². The molecule has 0 aliphatic heterocycles. The van der Waals surface area contributed by atoms with Crippen molar-refractivity contribution >= 4 is 0 Å². The fourth-order valence-corrected chi connectivity index (χ4v) is 2.65. The number of aliphatic hydroxyl groups is 1. The Morgan fingerprint density at radius 1 is 1.04 bits per heavy atom. The summed E-state index contributed by atoms with van der Waals surface area (Å²) in [6, 6.07) is 13.7. The smallest absolute Gasteiger partial charge is 0.161 e. The number of methoxy groups -OCH3 is 2. The molecule has 2 atom stereocenters. The van der Waals surface area contributed by atoms with Gasteiger partial charge in [0.1, 0.15) is 0 Å². The number of rotatable bonds is 7. The summed E-state index contributed by atoms with van der Waals surface area (Å²) in [5.41, 5.74) is 3.16. The first-order valence-electron chi connectivity index (χ1n) is 7.75. The van der Waals surface area contributed by atoms with Crippen molar-refractivity contribution in [1.29, 1.82) is 0 Å². The predicted octanol–water partition coefficient (Wildman–Crippen LogP) is 3.40. The van der Waals surface area contributed by atoms with Crippen LogP contribution in [0.5, 0.6) is 11.5 Å². The number of nitrogens with one attached hydrogen (secondary N) is 1. The molecule has 0 saturated heterocycles. The molecule has 2 N–H and O–H groups in total. The maximum atomic E-state index is 10.3. The highest BCUT2D eigenvalue weighted by atomic mass is 16.5. The van der Waals surface area contributed by atoms with Crippen molar-refractivity contribution in [3.8, 4) is 11.5 Å². The van der Waals surface area contributed by atoms with Crippen molar-refractivity contribution < 1.29 is 14.6 Å². The first-order chi connectivity index (χ1) is 11.1. The molecule has 0 aromatic heterocycles. The molecule has 2 unspecified atom stereocenters. The number of hydrogen-bond acceptors (Lipinski definition) is 4. The fourth-order valence-electron chi connectivity index (χ4n) is 2.65. The molecule has 4 heteroatoms. The molecule has 2 aromatic carbocycles. The van der Waals surface area contributed by atoms with Gasteiger partial charge in [-0.25, -0.2) is 0 Å². The van der Waals surface area contributed by atoms with Gasteiger partial charge in [0, 0.05) is 12.6 Å². The minimum atomic E-state index is -0.529. The van der Waals surface area contributed by atoms with Crippen molar-refractivity contribution in [2.45, 2.75) is 26.0 Å². The average molecular weight is 315 g/mol. The highest BCUT2D eigenvalue weighted by molar-refractivity contribution is 5.48. The molecule has 2 rings (SSSR count). The van der Waals surface area contributed by atoms with Gasteiger partial charge in [-0.15, -0.1) is 0 Å². The van der Waals surface area contributed by atoms with Crippen LogP contribution in [0.2, 0.25) is 0 Å². The lowest BCUT2D eigenvalue weighted by Gasteiger charge is -2.21. The minimum absolute atomic E-state index is 0.0909. The van der Waals surface area contributed by atoms with Crippen LogP contribution in [0.4, 0.5) is 0 Å². The van der Waals surface area contributed by atoms with Gasteiger partial charge >= 0.3 is 0 Å². The molecule has 124 valence electrons. The molecule has 0 aliphatic carbocycles. The second kappa shape index (κ2) is 7.99. The predicted molar refractivity (Wildman–Crippen MR) is 92.1 cm³/mol. The summed E-state index contributed by atoms with van der Waals surface area (Å²) >= 11 is 0. The van der Waals surface area contributed by atoms with E-state index >= 15 is 0 Å². The van der Waals surface area contributed by atoms with E-state index in [1.54, 1.807) is 14.2 Å². The molecule has 0 amide bonds. The summed E-state index contributed by atoms with van der Waals surface area (Å²) in [5, 5.41) is 13.6. The Balaban J connectivity index is 2.07. The Labute approximate surface area is 138 Å². The summed E-state index contributed by atoms with van der Waals surface area (Å²) in [7, 11) is 3.27. The van der Waals surface area contributed by atoms with Gasteiger partial charge in [0.25, 0.3) is 0 Å². The van der Waals surface area contributed by atoms with Crippen LogP contribution >= 0.6 is 0 Å². The van der Waals surface area contributed by atoms with E-state index in [1.807, 2.05) is 49.4 Å². The highest BCUT2D eigenvalue weighted by Gasteiger charge is 2.15. The second-order valence-corrected chi connectivity index (χ2v) is 5.62. The number of benzene rings is 2. The third-order valence-electron chi connectivity index (χ3n) is 4.04. The first kappa shape index (κ1) is 17.3. The van der Waals surface area contributed by atoms with Crippen LogP contribution in [0, 0.1) is 6.92 Å². The number of hydrogen-bond donors (Lipinski definition) is 2. The maximum Gasteiger partial charge on any atom is 0.161 e. The van der Waals surface area contributed by atoms with Crippen molar-refractivity contribution in [2.24, 2.45) is 0 Å². The fraction of sp³-hybridized carbons (Fsp3) is 0.368. The van der Waals surface area contributed by atoms with Crippen LogP contribution in [0.1, 0.15) is 35.8 Å². The quantitative estimate of drug-likeness (QED) is 0.822. The summed E-state index contributed by atoms with van der Waals surface area (Å²) in [4.78, 5) is 0. The van der Waals surface area contributed by atoms with E-state index < -0.39 is 6.10 Å². The Kier molecular flexibility index (Phi) is 6.02. The SMILES string of the molecule is COc1cc(C)c(C(C)NCC(O)c2ccccc2)cc1OC. The van der Waals surface area contributed by atoms with Gasteiger partial charge in [-0.2, -0.15) is 0 Å². The molecule has 0 aliphatic rings. The zero-order valence-electron chi connectivity index (χ0n) is 14.2. The molecule has 4 nitrogen and oxygen atoms in total. The van der Waals surface area contributed by atoms with Gasteiger partial charge in [-0.05, 0) is 42.7 Å². The van der Waals surface area contributed by atoms with Gasteiger partial charge in [-0.1, -0.05) is 30.3 Å². The van der Waals surface area contributed by atoms with Crippen LogP contribution in [-0.4, -0.2) is 25.9 Å². The van der Waals surface area contributed by atoms with Gasteiger partial charge in [0.2, 0.25) is 0 Å². The standard InChI is InChI=1S/C19H25NO3/c1-13-10-18(22-3)19(23-4)11-16(13)14(2)20-12-17(21)15-8-6-5-7-9-15/h5-11,14,17,20-21H,12H2,1-4H3. The molecule has 0 heterocycles. The van der Waals surface area contributed by atoms with Gasteiger partial charge in [0.05, 0.1) is 20.3 Å². The van der Waals surface area contributed by atoms with Gasteiger partial charge in [-0.3, -0.25) is 0 Å². The highest BCUT2D eigenvalue weighted by Crippen LogP contribution is 2.32. The van der Waals surface area contributed by atoms with Crippen LogP contribution < -0.4 is 14.8 Å². The number of aliphatic hydroxyl groups excluding tert-OH is 1. The largest absolute Gasteiger partial charge is 0.493 e. The zero-order valence-corrected chi connectivity index (χ0v) is 14.2. The maximum absolute atomic E-state index is 10.3. The van der Waals surface area contributed by atoms with Gasteiger partial charge in [0.15, 0.2) is 11.5 Å². The Hall–Kier alpha value is -2.04. The molecule has 0 radical (unpaired) electrons. The van der Waals surface area contributed by atoms with E-state index in [2.05, 4.69) is 12.2 Å². The molecule has 23 heavy (non-hydrogen) atoms. The Morgan fingerprint density at radius 2 is 1.65 bits per heavy atom. The molecule has 0 fully saturated rings. The lowest BCUT2D eigenvalue weighted by Crippen LogP contribution is -2.25. The minimum Gasteiger partial charge on any atom is -0.493 e. The number of ether oxygens (including phenoxy) is 2. The van der Waals surface area contributed by atoms with Crippen LogP contribution in [-0.2, 0) is 0 Å². The summed E-state index contributed by atoms with van der Waals surface area (Å²) in [6.07, 6.45) is -0.529. The van der Waals surface area contributed by atoms with Crippen molar-refractivity contribution in [2.75, 3.05) is 20.8 Å². The Morgan fingerprint density at radius 3 is 2.26 bits per heavy atom. The molecular formula is C19H25NO3. The van der Waals surface area contributed by atoms with E-state index in [0.717, 1.165) is 22.4 Å². The normalized spacial score (nSPS) is 13.4. The lowest BCUT2D eigenvalue weighted by atomic mass is 10.0. The molecule has 2 aromatic rings. The van der Waals surface area contributed by atoms with Gasteiger partial charge < -0.3 is 19.9 Å². The van der Waals surface area contributed by atoms with E-state index in [0.29, 0.717) is 12.3 Å². The van der Waals surface area contributed by atoms with Crippen molar-refractivity contribution in [3.05, 3.63) is 59.2 Å². The summed E-state index contributed by atoms with van der Waals surface area (Å²) in [5.74, 6) is 1.44. The van der Waals surface area contributed by atoms with E-state index in [1.165, 1.54) is 0 Å². The number of aryl methyl sites for hydroxylation is 1. The first-order valence-corrected chi connectivity index (χ1v) is 7.75. The topological polar surface area (TPSA) is 50.7 Å². The Bertz CT molecular complexity index is 628. The molecule has 0 saturated carbocycles. The van der Waals surface area contributed by atoms with Crippen LogP contribution in [0.15, 0.2) is 42.5 Å². The summed E-state index contributed by atoms with van der Waals surface area (Å²) in [6.45, 7) is 4.61. The van der Waals surface area contributed by atoms with Crippen molar-refractivity contribution in [3.63, 3.8) is 0 Å². The molecule has 0 bridgehead atoms. The third kappa shape index (κ3) is 4.24. The summed E-state index contributed by atoms with van der Waals surface area (Å²) < 4.78 is 10.7. The van der Waals surface area contributed by atoms with E-state index in [-0.39, 0.29) is 6.04 Å². The molecule has 0 spiro atoms. The second-order valence-electron chi connectivity index (χ2n) is 5.62. The zero-order chi connectivity index (χ0) is 16.8. The van der Waals surface area contributed by atoms with Crippen molar-refractivity contribution in [1.82, 2.24) is 5.32 Å². The van der Waals surface area contributed by atoms with E-state index in [4.69, 9.17) is 9.47 Å². The van der Waals surface area contributed by atoms with E-state index in [9.17, 15) is 5.11 Å². The lowest BCUT2D eigenvalue weighted by molar-refractivity contribution is 0.170. The third-order valence-corrected chi connectivity index (χ3v) is 4.04. The monoisotopic (exact) mass is 315 g/mol. The van der Waals surface area contributed by atoms with Crippen LogP contribution in [0.3, 0.4) is 0 Å². The molecular weight excluding hydrogens is 290 g/mol.